The molecule has 0 radical (unpaired) electrons. The third-order valence-corrected chi connectivity index (χ3v) is 13.5. The molecule has 54 heavy (non-hydrogen) atoms. The standard InChI is InChI=1S/C52H32S2/c1-32(47-37-18-5-7-20-39(37)48(34-15-3-2-4-16-34)40-21-8-6-19-38(40)47)26-27-33-14-13-17-35(30-33)36-28-29-46-44(31-36)50-42-23-10-9-22-41(42)49-43-24-11-12-25-45(43)53-51(49)52(50)54-46/h2-31H,1H2/b27-26-. The van der Waals surface area contributed by atoms with Gasteiger partial charge in [-0.3, -0.25) is 0 Å². The molecular weight excluding hydrogens is 689 g/mol. The monoisotopic (exact) mass is 720 g/mol. The number of hydrogen-bond acceptors (Lipinski definition) is 2. The highest BCUT2D eigenvalue weighted by atomic mass is 32.1. The van der Waals surface area contributed by atoms with Gasteiger partial charge in [-0.2, -0.15) is 0 Å². The van der Waals surface area contributed by atoms with Gasteiger partial charge in [0.2, 0.25) is 0 Å². The maximum Gasteiger partial charge on any atom is 0.0540 e. The van der Waals surface area contributed by atoms with E-state index in [2.05, 4.69) is 189 Å². The lowest BCUT2D eigenvalue weighted by Gasteiger charge is -2.17. The molecule has 2 heteroatoms. The number of benzene rings is 9. The quantitative estimate of drug-likeness (QED) is 0.123. The zero-order valence-electron chi connectivity index (χ0n) is 29.3. The first kappa shape index (κ1) is 31.2. The van der Waals surface area contributed by atoms with E-state index in [9.17, 15) is 0 Å². The molecule has 0 fully saturated rings. The molecular formula is C52H32S2. The summed E-state index contributed by atoms with van der Waals surface area (Å²) in [4.78, 5) is 0. The van der Waals surface area contributed by atoms with Gasteiger partial charge in [0.15, 0.2) is 0 Å². The molecule has 0 spiro atoms. The Morgan fingerprint density at radius 1 is 0.407 bits per heavy atom. The number of thiophene rings is 2. The highest BCUT2D eigenvalue weighted by Crippen LogP contribution is 2.49. The van der Waals surface area contributed by atoms with Crippen LogP contribution in [0.1, 0.15) is 11.1 Å². The van der Waals surface area contributed by atoms with E-state index >= 15 is 0 Å². The highest BCUT2D eigenvalue weighted by molar-refractivity contribution is 7.33. The van der Waals surface area contributed by atoms with Gasteiger partial charge in [-0.25, -0.2) is 0 Å². The van der Waals surface area contributed by atoms with E-state index in [-0.39, 0.29) is 0 Å². The van der Waals surface area contributed by atoms with Crippen LogP contribution in [0, 0.1) is 0 Å². The predicted molar refractivity (Wildman–Crippen MR) is 240 cm³/mol. The number of fused-ring (bicyclic) bond motifs is 12. The van der Waals surface area contributed by atoms with Crippen molar-refractivity contribution in [3.8, 4) is 22.3 Å². The van der Waals surface area contributed by atoms with Crippen LogP contribution in [0.25, 0.3) is 107 Å². The van der Waals surface area contributed by atoms with Gasteiger partial charge in [-0.15, -0.1) is 22.7 Å². The molecule has 2 heterocycles. The Morgan fingerprint density at radius 3 is 1.61 bits per heavy atom. The zero-order chi connectivity index (χ0) is 35.8. The average Bonchev–Trinajstić information content (AvgIpc) is 3.82. The van der Waals surface area contributed by atoms with Crippen LogP contribution in [0.2, 0.25) is 0 Å². The van der Waals surface area contributed by atoms with E-state index in [0.717, 1.165) is 11.1 Å². The predicted octanol–water partition coefficient (Wildman–Crippen LogP) is 15.9. The van der Waals surface area contributed by atoms with Crippen LogP contribution < -0.4 is 0 Å². The second-order valence-corrected chi connectivity index (χ2v) is 16.2. The Labute approximate surface area is 321 Å². The van der Waals surface area contributed by atoms with Crippen LogP contribution in [0.15, 0.2) is 183 Å². The third-order valence-electron chi connectivity index (χ3n) is 11.0. The third kappa shape index (κ3) is 4.81. The highest BCUT2D eigenvalue weighted by Gasteiger charge is 2.19. The lowest BCUT2D eigenvalue weighted by molar-refractivity contribution is 1.62. The summed E-state index contributed by atoms with van der Waals surface area (Å²) in [7, 11) is 0. The van der Waals surface area contributed by atoms with Gasteiger partial charge < -0.3 is 0 Å². The van der Waals surface area contributed by atoms with Crippen molar-refractivity contribution >= 4 is 107 Å². The summed E-state index contributed by atoms with van der Waals surface area (Å²) in [6.07, 6.45) is 4.40. The van der Waals surface area contributed by atoms with Crippen LogP contribution in [0.5, 0.6) is 0 Å². The summed E-state index contributed by atoms with van der Waals surface area (Å²) in [5.74, 6) is 0. The largest absolute Gasteiger partial charge is 0.134 e. The first-order chi connectivity index (χ1) is 26.7. The van der Waals surface area contributed by atoms with Gasteiger partial charge in [0, 0.05) is 30.9 Å². The Balaban J connectivity index is 1.01. The Kier molecular flexibility index (Phi) is 7.16. The molecule has 0 nitrogen and oxygen atoms in total. The normalized spacial score (nSPS) is 12.1. The van der Waals surface area contributed by atoms with Gasteiger partial charge in [0.05, 0.1) is 9.40 Å². The summed E-state index contributed by atoms with van der Waals surface area (Å²) in [6.45, 7) is 4.66. The maximum atomic E-state index is 4.66. The van der Waals surface area contributed by atoms with Crippen LogP contribution in [0.3, 0.4) is 0 Å². The van der Waals surface area contributed by atoms with E-state index < -0.39 is 0 Å². The first-order valence-electron chi connectivity index (χ1n) is 18.4. The minimum absolute atomic E-state index is 0.998. The van der Waals surface area contributed by atoms with Crippen molar-refractivity contribution in [3.63, 3.8) is 0 Å². The molecule has 252 valence electrons. The van der Waals surface area contributed by atoms with E-state index in [1.807, 2.05) is 22.7 Å². The van der Waals surface area contributed by atoms with Crippen LogP contribution in [-0.4, -0.2) is 0 Å². The molecule has 0 aliphatic rings. The van der Waals surface area contributed by atoms with Crippen LogP contribution in [0.4, 0.5) is 0 Å². The van der Waals surface area contributed by atoms with E-state index in [4.69, 9.17) is 0 Å². The molecule has 0 aliphatic carbocycles. The Hall–Kier alpha value is -6.32. The smallest absolute Gasteiger partial charge is 0.0540 e. The van der Waals surface area contributed by atoms with Gasteiger partial charge in [0.1, 0.15) is 0 Å². The fraction of sp³-hybridized carbons (Fsp3) is 0. The number of hydrogen-bond donors (Lipinski definition) is 0. The van der Waals surface area contributed by atoms with Gasteiger partial charge in [0.25, 0.3) is 0 Å². The minimum atomic E-state index is 0.998. The molecule has 9 aromatic carbocycles. The lowest BCUT2D eigenvalue weighted by Crippen LogP contribution is -1.92. The molecule has 0 amide bonds. The molecule has 0 bridgehead atoms. The minimum Gasteiger partial charge on any atom is -0.134 e. The van der Waals surface area contributed by atoms with Crippen LogP contribution >= 0.6 is 22.7 Å². The molecule has 2 aromatic heterocycles. The first-order valence-corrected chi connectivity index (χ1v) is 20.0. The van der Waals surface area contributed by atoms with E-state index in [0.29, 0.717) is 0 Å². The topological polar surface area (TPSA) is 0 Å². The van der Waals surface area contributed by atoms with Crippen molar-refractivity contribution in [2.45, 2.75) is 0 Å². The molecule has 0 atom stereocenters. The summed E-state index contributed by atoms with van der Waals surface area (Å²) >= 11 is 3.85. The van der Waals surface area contributed by atoms with Crippen molar-refractivity contribution in [3.05, 3.63) is 194 Å². The van der Waals surface area contributed by atoms with Gasteiger partial charge in [-0.1, -0.05) is 164 Å². The average molecular weight is 721 g/mol. The van der Waals surface area contributed by atoms with Crippen molar-refractivity contribution in [2.75, 3.05) is 0 Å². The molecule has 0 saturated heterocycles. The lowest BCUT2D eigenvalue weighted by atomic mass is 9.86. The molecule has 0 unspecified atom stereocenters. The maximum absolute atomic E-state index is 4.66. The number of allylic oxidation sites excluding steroid dienone is 2. The summed E-state index contributed by atoms with van der Waals surface area (Å²) in [5, 5.41) is 13.0. The summed E-state index contributed by atoms with van der Waals surface area (Å²) < 4.78 is 5.47. The van der Waals surface area contributed by atoms with Crippen LogP contribution in [-0.2, 0) is 0 Å². The Bertz CT molecular complexity index is 3280. The van der Waals surface area contributed by atoms with Crippen molar-refractivity contribution in [2.24, 2.45) is 0 Å². The zero-order valence-corrected chi connectivity index (χ0v) is 31.0. The van der Waals surface area contributed by atoms with Gasteiger partial charge >= 0.3 is 0 Å². The molecule has 11 rings (SSSR count). The molecule has 0 saturated carbocycles. The summed E-state index contributed by atoms with van der Waals surface area (Å²) in [5.41, 5.74) is 8.26. The van der Waals surface area contributed by atoms with E-state index in [1.165, 1.54) is 100 Å². The fourth-order valence-corrected chi connectivity index (χ4v) is 11.1. The van der Waals surface area contributed by atoms with Crippen molar-refractivity contribution < 1.29 is 0 Å². The second kappa shape index (κ2) is 12.4. The molecule has 0 N–H and O–H groups in total. The SMILES string of the molecule is C=C(/C=C\c1cccc(-c2ccc3sc4c5sc6ccccc6c5c5ccccc5c4c3c2)c1)c1c2ccccc2c(-c2ccccc2)c2ccccc12. The Morgan fingerprint density at radius 2 is 0.926 bits per heavy atom. The fourth-order valence-electron chi connectivity index (χ4n) is 8.59. The van der Waals surface area contributed by atoms with Crippen molar-refractivity contribution in [1.82, 2.24) is 0 Å². The van der Waals surface area contributed by atoms with Crippen molar-refractivity contribution in [1.29, 1.82) is 0 Å². The van der Waals surface area contributed by atoms with E-state index in [1.54, 1.807) is 0 Å². The molecule has 11 aromatic rings. The van der Waals surface area contributed by atoms with Gasteiger partial charge in [-0.05, 0) is 95.5 Å². The summed E-state index contributed by atoms with van der Waals surface area (Å²) in [6, 6.07) is 62.0. The number of rotatable bonds is 5. The second-order valence-electron chi connectivity index (χ2n) is 14.1. The molecule has 0 aliphatic heterocycles.